The van der Waals surface area contributed by atoms with Crippen molar-refractivity contribution in [1.82, 2.24) is 14.8 Å². The third-order valence-corrected chi connectivity index (χ3v) is 3.76. The van der Waals surface area contributed by atoms with Gasteiger partial charge in [0.1, 0.15) is 6.54 Å². The van der Waals surface area contributed by atoms with Crippen molar-refractivity contribution in [3.8, 4) is 0 Å². The van der Waals surface area contributed by atoms with Crippen LogP contribution in [-0.2, 0) is 17.1 Å². The lowest BCUT2D eigenvalue weighted by molar-refractivity contribution is -0.118. The Morgan fingerprint density at radius 3 is 2.79 bits per heavy atom. The van der Waals surface area contributed by atoms with Crippen molar-refractivity contribution in [2.24, 2.45) is 5.73 Å². The molecule has 4 N–H and O–H groups in total. The average Bonchev–Trinajstić information content (AvgIpc) is 2.70. The molecule has 1 aromatic heterocycles. The summed E-state index contributed by atoms with van der Waals surface area (Å²) in [5.74, 6) is 0.280. The zero-order chi connectivity index (χ0) is 13.8. The quantitative estimate of drug-likeness (QED) is 0.810. The second-order valence-electron chi connectivity index (χ2n) is 3.77. The number of anilines is 1. The van der Waals surface area contributed by atoms with E-state index in [0.717, 1.165) is 5.56 Å². The Labute approximate surface area is 119 Å². The van der Waals surface area contributed by atoms with Gasteiger partial charge in [0.25, 0.3) is 0 Å². The highest BCUT2D eigenvalue weighted by atomic mass is 35.5. The van der Waals surface area contributed by atoms with Gasteiger partial charge in [0.05, 0.1) is 0 Å². The number of nitrogen functional groups attached to an aromatic ring is 1. The van der Waals surface area contributed by atoms with Gasteiger partial charge in [0.15, 0.2) is 5.16 Å². The number of aromatic nitrogens is 3. The van der Waals surface area contributed by atoms with Crippen molar-refractivity contribution >= 4 is 35.2 Å². The Balaban J connectivity index is 2.12. The Morgan fingerprint density at radius 1 is 1.37 bits per heavy atom. The molecule has 0 bridgehead atoms. The number of benzene rings is 1. The van der Waals surface area contributed by atoms with Gasteiger partial charge in [-0.1, -0.05) is 41.6 Å². The van der Waals surface area contributed by atoms with Crippen LogP contribution in [0.5, 0.6) is 0 Å². The highest BCUT2D eigenvalue weighted by Gasteiger charge is 2.12. The van der Waals surface area contributed by atoms with Gasteiger partial charge in [-0.3, -0.25) is 9.36 Å². The van der Waals surface area contributed by atoms with Crippen LogP contribution in [0.2, 0.25) is 5.02 Å². The highest BCUT2D eigenvalue weighted by Crippen LogP contribution is 2.26. The van der Waals surface area contributed by atoms with Crippen molar-refractivity contribution in [1.29, 1.82) is 0 Å². The molecule has 0 spiro atoms. The molecule has 0 aliphatic carbocycles. The van der Waals surface area contributed by atoms with Crippen molar-refractivity contribution in [2.45, 2.75) is 17.5 Å². The minimum absolute atomic E-state index is 0.0380. The molecule has 0 saturated heterocycles. The molecule has 2 aromatic rings. The molecular formula is C11H12ClN5OS. The monoisotopic (exact) mass is 297 g/mol. The summed E-state index contributed by atoms with van der Waals surface area (Å²) in [6.07, 6.45) is 0. The third kappa shape index (κ3) is 3.39. The first-order chi connectivity index (χ1) is 9.08. The van der Waals surface area contributed by atoms with Crippen LogP contribution in [0.4, 0.5) is 5.95 Å². The number of primary amides is 1. The third-order valence-electron chi connectivity index (χ3n) is 2.37. The fourth-order valence-electron chi connectivity index (χ4n) is 1.47. The normalized spacial score (nSPS) is 10.6. The Morgan fingerprint density at radius 2 is 2.11 bits per heavy atom. The molecule has 0 fully saturated rings. The minimum Gasteiger partial charge on any atom is -0.368 e. The molecule has 0 radical (unpaired) electrons. The number of carbonyl (C=O) groups is 1. The average molecular weight is 298 g/mol. The molecule has 1 aromatic carbocycles. The maximum Gasteiger partial charge on any atom is 0.237 e. The van der Waals surface area contributed by atoms with Gasteiger partial charge >= 0.3 is 0 Å². The Bertz CT molecular complexity index is 601. The number of hydrogen-bond donors (Lipinski definition) is 2. The first kappa shape index (κ1) is 13.7. The predicted molar refractivity (Wildman–Crippen MR) is 74.6 cm³/mol. The van der Waals surface area contributed by atoms with Gasteiger partial charge in [-0.15, -0.1) is 10.2 Å². The standard InChI is InChI=1S/C11H12ClN5OS/c12-8-4-2-1-3-7(8)6-19-11-16-15-10(14)17(11)5-9(13)18/h1-4H,5-6H2,(H2,13,18)(H2,14,15). The van der Waals surface area contributed by atoms with E-state index in [1.54, 1.807) is 0 Å². The molecule has 0 unspecified atom stereocenters. The van der Waals surface area contributed by atoms with Crippen LogP contribution in [0.15, 0.2) is 29.4 Å². The molecule has 0 atom stereocenters. The van der Waals surface area contributed by atoms with E-state index in [1.165, 1.54) is 16.3 Å². The van der Waals surface area contributed by atoms with E-state index in [4.69, 9.17) is 23.1 Å². The van der Waals surface area contributed by atoms with Crippen LogP contribution in [-0.4, -0.2) is 20.7 Å². The summed E-state index contributed by atoms with van der Waals surface area (Å²) in [5.41, 5.74) is 11.8. The molecule has 1 amide bonds. The van der Waals surface area contributed by atoms with Gasteiger partial charge in [-0.25, -0.2) is 0 Å². The Kier molecular flexibility index (Phi) is 4.28. The molecule has 0 saturated carbocycles. The van der Waals surface area contributed by atoms with E-state index in [2.05, 4.69) is 10.2 Å². The van der Waals surface area contributed by atoms with E-state index in [9.17, 15) is 4.79 Å². The zero-order valence-corrected chi connectivity index (χ0v) is 11.5. The van der Waals surface area contributed by atoms with E-state index >= 15 is 0 Å². The molecule has 6 nitrogen and oxygen atoms in total. The molecule has 19 heavy (non-hydrogen) atoms. The van der Waals surface area contributed by atoms with E-state index in [0.29, 0.717) is 15.9 Å². The van der Waals surface area contributed by atoms with E-state index < -0.39 is 5.91 Å². The summed E-state index contributed by atoms with van der Waals surface area (Å²) in [4.78, 5) is 11.0. The number of hydrogen-bond acceptors (Lipinski definition) is 5. The molecular weight excluding hydrogens is 286 g/mol. The number of carbonyl (C=O) groups excluding carboxylic acids is 1. The number of thioether (sulfide) groups is 1. The summed E-state index contributed by atoms with van der Waals surface area (Å²) in [5, 5.41) is 8.87. The summed E-state index contributed by atoms with van der Waals surface area (Å²) in [6.45, 7) is -0.0380. The second-order valence-corrected chi connectivity index (χ2v) is 5.12. The zero-order valence-electron chi connectivity index (χ0n) is 9.91. The van der Waals surface area contributed by atoms with Crippen LogP contribution < -0.4 is 11.5 Å². The highest BCUT2D eigenvalue weighted by molar-refractivity contribution is 7.98. The number of rotatable bonds is 5. The van der Waals surface area contributed by atoms with Crippen molar-refractivity contribution in [3.63, 3.8) is 0 Å². The molecule has 8 heteroatoms. The van der Waals surface area contributed by atoms with Crippen molar-refractivity contribution in [2.75, 3.05) is 5.73 Å². The van der Waals surface area contributed by atoms with Crippen molar-refractivity contribution in [3.05, 3.63) is 34.9 Å². The van der Waals surface area contributed by atoms with Gasteiger partial charge in [-0.05, 0) is 11.6 Å². The molecule has 0 aliphatic rings. The topological polar surface area (TPSA) is 99.8 Å². The lowest BCUT2D eigenvalue weighted by Crippen LogP contribution is -2.20. The van der Waals surface area contributed by atoms with Gasteiger partial charge in [0, 0.05) is 10.8 Å². The smallest absolute Gasteiger partial charge is 0.237 e. The van der Waals surface area contributed by atoms with E-state index in [1.807, 2.05) is 24.3 Å². The first-order valence-electron chi connectivity index (χ1n) is 5.41. The maximum absolute atomic E-state index is 11.0. The summed E-state index contributed by atoms with van der Waals surface area (Å²) in [7, 11) is 0. The fraction of sp³-hybridized carbons (Fsp3) is 0.182. The van der Waals surface area contributed by atoms with Crippen molar-refractivity contribution < 1.29 is 4.79 Å². The summed E-state index contributed by atoms with van der Waals surface area (Å²) in [6, 6.07) is 7.52. The Hall–Kier alpha value is -1.73. The largest absolute Gasteiger partial charge is 0.368 e. The lowest BCUT2D eigenvalue weighted by Gasteiger charge is -2.06. The van der Waals surface area contributed by atoms with Crippen LogP contribution in [0, 0.1) is 0 Å². The summed E-state index contributed by atoms with van der Waals surface area (Å²) >= 11 is 7.46. The number of halogens is 1. The van der Waals surface area contributed by atoms with Gasteiger partial charge in [0.2, 0.25) is 11.9 Å². The van der Waals surface area contributed by atoms with E-state index in [-0.39, 0.29) is 12.5 Å². The van der Waals surface area contributed by atoms with Gasteiger partial charge < -0.3 is 11.5 Å². The number of nitrogens with two attached hydrogens (primary N) is 2. The SMILES string of the molecule is NC(=O)Cn1c(N)nnc1SCc1ccccc1Cl. The maximum atomic E-state index is 11.0. The van der Waals surface area contributed by atoms with Crippen LogP contribution in [0.1, 0.15) is 5.56 Å². The first-order valence-corrected chi connectivity index (χ1v) is 6.77. The number of nitrogens with zero attached hydrogens (tertiary/aromatic N) is 3. The summed E-state index contributed by atoms with van der Waals surface area (Å²) < 4.78 is 1.48. The molecule has 1 heterocycles. The molecule has 2 rings (SSSR count). The van der Waals surface area contributed by atoms with Crippen LogP contribution in [0.25, 0.3) is 0 Å². The molecule has 0 aliphatic heterocycles. The number of amides is 1. The fourth-order valence-corrected chi connectivity index (χ4v) is 2.70. The minimum atomic E-state index is -0.494. The lowest BCUT2D eigenvalue weighted by atomic mass is 10.2. The second kappa shape index (κ2) is 5.94. The van der Waals surface area contributed by atoms with Crippen LogP contribution >= 0.6 is 23.4 Å². The van der Waals surface area contributed by atoms with Crippen LogP contribution in [0.3, 0.4) is 0 Å². The predicted octanol–water partition coefficient (Wildman–Crippen LogP) is 1.29. The molecule has 100 valence electrons. The van der Waals surface area contributed by atoms with Gasteiger partial charge in [-0.2, -0.15) is 0 Å².